The number of hydrogen-bond acceptors (Lipinski definition) is 3. The van der Waals surface area contributed by atoms with Gasteiger partial charge in [0.2, 0.25) is 0 Å². The van der Waals surface area contributed by atoms with Crippen molar-refractivity contribution in [1.82, 2.24) is 4.90 Å². The van der Waals surface area contributed by atoms with Gasteiger partial charge in [-0.2, -0.15) is 0 Å². The SMILES string of the molecule is C=C(CCl)CN(CCO)CCO. The summed E-state index contributed by atoms with van der Waals surface area (Å²) in [5, 5.41) is 17.3. The molecule has 0 bridgehead atoms. The van der Waals surface area contributed by atoms with E-state index in [-0.39, 0.29) is 13.2 Å². The van der Waals surface area contributed by atoms with E-state index in [2.05, 4.69) is 6.58 Å². The van der Waals surface area contributed by atoms with Gasteiger partial charge in [-0.3, -0.25) is 4.90 Å². The monoisotopic (exact) mass is 193 g/mol. The van der Waals surface area contributed by atoms with Crippen LogP contribution in [0.25, 0.3) is 0 Å². The molecule has 0 rings (SSSR count). The van der Waals surface area contributed by atoms with Gasteiger partial charge in [0.25, 0.3) is 0 Å². The normalized spacial score (nSPS) is 10.7. The van der Waals surface area contributed by atoms with Gasteiger partial charge in [-0.05, 0) is 5.57 Å². The molecule has 0 radical (unpaired) electrons. The van der Waals surface area contributed by atoms with Gasteiger partial charge in [-0.15, -0.1) is 11.6 Å². The van der Waals surface area contributed by atoms with E-state index in [0.717, 1.165) is 5.57 Å². The number of nitrogens with zero attached hydrogens (tertiary/aromatic N) is 1. The second-order valence-corrected chi connectivity index (χ2v) is 2.87. The van der Waals surface area contributed by atoms with Crippen molar-refractivity contribution in [1.29, 1.82) is 0 Å². The van der Waals surface area contributed by atoms with Crippen LogP contribution in [0.1, 0.15) is 0 Å². The highest BCUT2D eigenvalue weighted by Crippen LogP contribution is 1.98. The van der Waals surface area contributed by atoms with Gasteiger partial charge in [0.15, 0.2) is 0 Å². The molecule has 72 valence electrons. The second-order valence-electron chi connectivity index (χ2n) is 2.61. The van der Waals surface area contributed by atoms with Crippen LogP contribution in [-0.2, 0) is 0 Å². The fourth-order valence-electron chi connectivity index (χ4n) is 0.911. The van der Waals surface area contributed by atoms with Crippen molar-refractivity contribution in [3.05, 3.63) is 12.2 Å². The van der Waals surface area contributed by atoms with Crippen molar-refractivity contribution >= 4 is 11.6 Å². The highest BCUT2D eigenvalue weighted by atomic mass is 35.5. The lowest BCUT2D eigenvalue weighted by Crippen LogP contribution is -2.31. The van der Waals surface area contributed by atoms with Gasteiger partial charge in [-0.1, -0.05) is 6.58 Å². The van der Waals surface area contributed by atoms with Crippen LogP contribution in [0.3, 0.4) is 0 Å². The summed E-state index contributed by atoms with van der Waals surface area (Å²) in [4.78, 5) is 1.91. The summed E-state index contributed by atoms with van der Waals surface area (Å²) in [6.45, 7) is 5.67. The summed E-state index contributed by atoms with van der Waals surface area (Å²) in [5.74, 6) is 0.424. The molecule has 0 spiro atoms. The third-order valence-corrected chi connectivity index (χ3v) is 1.85. The zero-order valence-electron chi connectivity index (χ0n) is 7.17. The van der Waals surface area contributed by atoms with Gasteiger partial charge >= 0.3 is 0 Å². The predicted molar refractivity (Wildman–Crippen MR) is 50.5 cm³/mol. The van der Waals surface area contributed by atoms with Crippen LogP contribution in [0.4, 0.5) is 0 Å². The molecule has 4 heteroatoms. The highest BCUT2D eigenvalue weighted by molar-refractivity contribution is 6.19. The minimum Gasteiger partial charge on any atom is -0.395 e. The van der Waals surface area contributed by atoms with Crippen molar-refractivity contribution in [2.45, 2.75) is 0 Å². The molecule has 3 nitrogen and oxygen atoms in total. The fraction of sp³-hybridized carbons (Fsp3) is 0.750. The van der Waals surface area contributed by atoms with Crippen LogP contribution in [0, 0.1) is 0 Å². The smallest absolute Gasteiger partial charge is 0.0558 e. The molecule has 0 aliphatic rings. The summed E-state index contributed by atoms with van der Waals surface area (Å²) in [5.41, 5.74) is 0.901. The van der Waals surface area contributed by atoms with E-state index in [1.807, 2.05) is 4.90 Å². The Morgan fingerprint density at radius 1 is 1.25 bits per heavy atom. The number of halogens is 1. The summed E-state index contributed by atoms with van der Waals surface area (Å²) in [6.07, 6.45) is 0. The average Bonchev–Trinajstić information content (AvgIpc) is 2.05. The van der Waals surface area contributed by atoms with E-state index in [4.69, 9.17) is 21.8 Å². The molecule has 0 aliphatic heterocycles. The van der Waals surface area contributed by atoms with Gasteiger partial charge in [-0.25, -0.2) is 0 Å². The summed E-state index contributed by atoms with van der Waals surface area (Å²) in [7, 11) is 0. The Bertz CT molecular complexity index is 124. The van der Waals surface area contributed by atoms with Gasteiger partial charge < -0.3 is 10.2 Å². The first kappa shape index (κ1) is 11.9. The van der Waals surface area contributed by atoms with E-state index in [1.165, 1.54) is 0 Å². The maximum absolute atomic E-state index is 8.66. The summed E-state index contributed by atoms with van der Waals surface area (Å²) in [6, 6.07) is 0. The lowest BCUT2D eigenvalue weighted by molar-refractivity contribution is 0.170. The van der Waals surface area contributed by atoms with Crippen LogP contribution in [0.15, 0.2) is 12.2 Å². The molecule has 0 aliphatic carbocycles. The molecule has 0 fully saturated rings. The van der Waals surface area contributed by atoms with Crippen molar-refractivity contribution in [2.24, 2.45) is 0 Å². The van der Waals surface area contributed by atoms with Crippen LogP contribution >= 0.6 is 11.6 Å². The Kier molecular flexibility index (Phi) is 7.50. The maximum atomic E-state index is 8.66. The summed E-state index contributed by atoms with van der Waals surface area (Å²) < 4.78 is 0. The third-order valence-electron chi connectivity index (χ3n) is 1.47. The van der Waals surface area contributed by atoms with Crippen molar-refractivity contribution < 1.29 is 10.2 Å². The van der Waals surface area contributed by atoms with Crippen molar-refractivity contribution in [3.8, 4) is 0 Å². The molecular formula is C8H16ClNO2. The molecule has 0 aromatic rings. The number of aliphatic hydroxyl groups is 2. The lowest BCUT2D eigenvalue weighted by Gasteiger charge is -2.20. The van der Waals surface area contributed by atoms with E-state index >= 15 is 0 Å². The molecular weight excluding hydrogens is 178 g/mol. The number of hydrogen-bond donors (Lipinski definition) is 2. The third kappa shape index (κ3) is 5.55. The molecule has 0 saturated heterocycles. The number of rotatable bonds is 7. The lowest BCUT2D eigenvalue weighted by atomic mass is 10.3. The fourth-order valence-corrected chi connectivity index (χ4v) is 0.996. The number of alkyl halides is 1. The van der Waals surface area contributed by atoms with Crippen molar-refractivity contribution in [2.75, 3.05) is 38.7 Å². The Morgan fingerprint density at radius 2 is 1.75 bits per heavy atom. The molecule has 12 heavy (non-hydrogen) atoms. The zero-order chi connectivity index (χ0) is 9.40. The largest absolute Gasteiger partial charge is 0.395 e. The van der Waals surface area contributed by atoms with Gasteiger partial charge in [0.05, 0.1) is 13.2 Å². The highest BCUT2D eigenvalue weighted by Gasteiger charge is 2.04. The molecule has 2 N–H and O–H groups in total. The van der Waals surface area contributed by atoms with Crippen molar-refractivity contribution in [3.63, 3.8) is 0 Å². The van der Waals surface area contributed by atoms with Gasteiger partial charge in [0.1, 0.15) is 0 Å². The first-order chi connectivity index (χ1) is 5.74. The number of aliphatic hydroxyl groups excluding tert-OH is 2. The Labute approximate surface area is 78.3 Å². The zero-order valence-corrected chi connectivity index (χ0v) is 7.93. The minimum absolute atomic E-state index is 0.0928. The molecule has 0 heterocycles. The van der Waals surface area contributed by atoms with E-state index in [0.29, 0.717) is 25.5 Å². The van der Waals surface area contributed by atoms with Crippen LogP contribution in [0.2, 0.25) is 0 Å². The van der Waals surface area contributed by atoms with Gasteiger partial charge in [0, 0.05) is 25.5 Å². The Balaban J connectivity index is 3.68. The first-order valence-corrected chi connectivity index (χ1v) is 4.44. The minimum atomic E-state index is 0.0928. The molecule has 0 aromatic heterocycles. The molecule has 0 aromatic carbocycles. The quantitative estimate of drug-likeness (QED) is 0.444. The van der Waals surface area contributed by atoms with E-state index in [1.54, 1.807) is 0 Å². The van der Waals surface area contributed by atoms with Crippen LogP contribution < -0.4 is 0 Å². The second kappa shape index (κ2) is 7.55. The average molecular weight is 194 g/mol. The Morgan fingerprint density at radius 3 is 2.08 bits per heavy atom. The molecule has 0 amide bonds. The first-order valence-electron chi connectivity index (χ1n) is 3.91. The van der Waals surface area contributed by atoms with Crippen LogP contribution in [0.5, 0.6) is 0 Å². The van der Waals surface area contributed by atoms with E-state index in [9.17, 15) is 0 Å². The van der Waals surface area contributed by atoms with Crippen LogP contribution in [-0.4, -0.2) is 53.8 Å². The van der Waals surface area contributed by atoms with E-state index < -0.39 is 0 Å². The maximum Gasteiger partial charge on any atom is 0.0558 e. The standard InChI is InChI=1S/C8H16ClNO2/c1-8(6-9)7-10(2-4-11)3-5-12/h11-12H,1-7H2. The topological polar surface area (TPSA) is 43.7 Å². The summed E-state index contributed by atoms with van der Waals surface area (Å²) >= 11 is 5.55. The predicted octanol–water partition coefficient (Wildman–Crippen LogP) is 0.0680. The molecule has 0 atom stereocenters. The molecule has 0 unspecified atom stereocenters. The molecule has 0 saturated carbocycles. The Hall–Kier alpha value is -0.0900.